The molecule has 5 rings (SSSR count). The number of rotatable bonds is 8. The number of allylic oxidation sites excluding steroid dienone is 1. The van der Waals surface area contributed by atoms with E-state index in [-0.39, 0.29) is 11.9 Å². The molecule has 2 saturated carbocycles. The van der Waals surface area contributed by atoms with Crippen LogP contribution in [0.2, 0.25) is 0 Å². The number of aliphatic imine (C=N–C) groups is 2. The molecule has 3 fully saturated rings. The average molecular weight is 530 g/mol. The minimum Gasteiger partial charge on any atom is -0.333 e. The molecule has 3 heterocycles. The van der Waals surface area contributed by atoms with E-state index in [2.05, 4.69) is 38.8 Å². The fourth-order valence-corrected chi connectivity index (χ4v) is 5.14. The summed E-state index contributed by atoms with van der Waals surface area (Å²) in [6, 6.07) is 3.97. The average Bonchev–Trinajstić information content (AvgIpc) is 3.81. The summed E-state index contributed by atoms with van der Waals surface area (Å²) in [6.45, 7) is 12.8. The Morgan fingerprint density at radius 3 is 2.58 bits per heavy atom. The van der Waals surface area contributed by atoms with Gasteiger partial charge in [-0.1, -0.05) is 6.58 Å². The number of amidine groups is 2. The molecule has 1 aliphatic heterocycles. The maximum atomic E-state index is 13.9. The van der Waals surface area contributed by atoms with Gasteiger partial charge in [0.1, 0.15) is 6.33 Å². The lowest BCUT2D eigenvalue weighted by Gasteiger charge is -2.37. The number of amides is 1. The smallest absolute Gasteiger partial charge is 0.295 e. The zero-order valence-corrected chi connectivity index (χ0v) is 23.6. The Labute approximate surface area is 228 Å². The summed E-state index contributed by atoms with van der Waals surface area (Å²) in [5.41, 5.74) is 5.94. The van der Waals surface area contributed by atoms with E-state index in [0.717, 1.165) is 64.5 Å². The number of piperazine rings is 1. The highest BCUT2D eigenvalue weighted by molar-refractivity contribution is 7.98. The third kappa shape index (κ3) is 5.43. The quantitative estimate of drug-likeness (QED) is 0.468. The fraction of sp³-hybridized carbons (Fsp3) is 0.448. The summed E-state index contributed by atoms with van der Waals surface area (Å²) in [5.74, 6) is 1.60. The minimum absolute atomic E-state index is 0.00860. The van der Waals surface area contributed by atoms with Gasteiger partial charge in [-0.3, -0.25) is 19.7 Å². The number of thioether (sulfide) groups is 1. The molecule has 1 saturated heterocycles. The standard InChI is InChI=1S/C29H35N7OS/c1-16(2)25-28(34-18(4)24-17(3)32-15-33-26(24)21-9-10-21)36(19(5)20-7-8-20)29(37)27(35-25)31-13-22-11-12-23(38-6)14-30-22/h11-12,14-15,19-21H,4,7-10,13H2,1-3,5-6H3,(H,31,35). The van der Waals surface area contributed by atoms with Crippen LogP contribution in [0.25, 0.3) is 5.70 Å². The van der Waals surface area contributed by atoms with Gasteiger partial charge in [-0.05, 0) is 83.3 Å². The van der Waals surface area contributed by atoms with Crippen molar-refractivity contribution < 1.29 is 4.79 Å². The van der Waals surface area contributed by atoms with Crippen molar-refractivity contribution in [3.05, 3.63) is 65.2 Å². The van der Waals surface area contributed by atoms with Gasteiger partial charge in [0.2, 0.25) is 0 Å². The number of aryl methyl sites for hydroxylation is 1. The molecule has 2 aliphatic carbocycles. The van der Waals surface area contributed by atoms with Crippen LogP contribution in [0.4, 0.5) is 0 Å². The van der Waals surface area contributed by atoms with E-state index >= 15 is 0 Å². The lowest BCUT2D eigenvalue weighted by atomic mass is 10.0. The predicted molar refractivity (Wildman–Crippen MR) is 153 cm³/mol. The summed E-state index contributed by atoms with van der Waals surface area (Å²) in [5, 5.41) is 3.31. The van der Waals surface area contributed by atoms with Crippen LogP contribution < -0.4 is 5.32 Å². The highest BCUT2D eigenvalue weighted by atomic mass is 32.2. The maximum Gasteiger partial charge on any atom is 0.295 e. The van der Waals surface area contributed by atoms with E-state index < -0.39 is 0 Å². The third-order valence-corrected chi connectivity index (χ3v) is 8.03. The molecule has 0 radical (unpaired) electrons. The van der Waals surface area contributed by atoms with Gasteiger partial charge < -0.3 is 5.32 Å². The molecule has 38 heavy (non-hydrogen) atoms. The number of nitrogens with zero attached hydrogens (tertiary/aromatic N) is 6. The number of hydrogen-bond donors (Lipinski definition) is 1. The van der Waals surface area contributed by atoms with Crippen molar-refractivity contribution in [3.63, 3.8) is 0 Å². The molecular weight excluding hydrogens is 494 g/mol. The van der Waals surface area contributed by atoms with Gasteiger partial charge in [0.05, 0.1) is 35.0 Å². The van der Waals surface area contributed by atoms with Crippen LogP contribution >= 0.6 is 11.8 Å². The minimum atomic E-state index is -0.176. The molecule has 1 amide bonds. The molecule has 1 N–H and O–H groups in total. The van der Waals surface area contributed by atoms with Crippen molar-refractivity contribution in [2.45, 2.75) is 76.8 Å². The summed E-state index contributed by atoms with van der Waals surface area (Å²) < 4.78 is 0. The third-order valence-electron chi connectivity index (χ3n) is 7.32. The molecule has 0 bridgehead atoms. The van der Waals surface area contributed by atoms with Gasteiger partial charge in [0.15, 0.2) is 11.7 Å². The van der Waals surface area contributed by atoms with Gasteiger partial charge >= 0.3 is 0 Å². The monoisotopic (exact) mass is 529 g/mol. The molecule has 1 atom stereocenters. The normalized spacial score (nSPS) is 20.6. The van der Waals surface area contributed by atoms with Crippen LogP contribution in [0.3, 0.4) is 0 Å². The van der Waals surface area contributed by atoms with Crippen molar-refractivity contribution in [3.8, 4) is 0 Å². The molecule has 2 aromatic heterocycles. The van der Waals surface area contributed by atoms with E-state index in [4.69, 9.17) is 4.99 Å². The van der Waals surface area contributed by atoms with Crippen LogP contribution in [0.15, 0.2) is 57.4 Å². The Bertz CT molecular complexity index is 1350. The van der Waals surface area contributed by atoms with Crippen molar-refractivity contribution in [2.75, 3.05) is 6.26 Å². The maximum absolute atomic E-state index is 13.9. The molecular formula is C29H35N7OS. The second-order valence-electron chi connectivity index (χ2n) is 10.5. The van der Waals surface area contributed by atoms with Gasteiger partial charge in [0, 0.05) is 28.6 Å². The van der Waals surface area contributed by atoms with Crippen molar-refractivity contribution >= 4 is 35.0 Å². The highest BCUT2D eigenvalue weighted by Gasteiger charge is 2.42. The van der Waals surface area contributed by atoms with Gasteiger partial charge in [0.25, 0.3) is 5.91 Å². The highest BCUT2D eigenvalue weighted by Crippen LogP contribution is 2.43. The van der Waals surface area contributed by atoms with Gasteiger partial charge in [-0.15, -0.1) is 11.8 Å². The molecule has 9 heteroatoms. The number of nitrogens with one attached hydrogen (secondary N) is 1. The predicted octanol–water partition coefficient (Wildman–Crippen LogP) is 5.27. The lowest BCUT2D eigenvalue weighted by molar-refractivity contribution is -0.122. The first-order valence-corrected chi connectivity index (χ1v) is 14.4. The van der Waals surface area contributed by atoms with Crippen LogP contribution in [0.5, 0.6) is 0 Å². The number of pyridine rings is 1. The van der Waals surface area contributed by atoms with Crippen LogP contribution in [0.1, 0.15) is 75.0 Å². The molecule has 0 spiro atoms. The van der Waals surface area contributed by atoms with E-state index in [1.54, 1.807) is 18.1 Å². The van der Waals surface area contributed by atoms with E-state index in [1.807, 2.05) is 50.3 Å². The van der Waals surface area contributed by atoms with E-state index in [9.17, 15) is 4.79 Å². The second-order valence-corrected chi connectivity index (χ2v) is 11.4. The molecule has 1 unspecified atom stereocenters. The topological polar surface area (TPSA) is 95.7 Å². The molecule has 8 nitrogen and oxygen atoms in total. The lowest BCUT2D eigenvalue weighted by Crippen LogP contribution is -2.58. The largest absolute Gasteiger partial charge is 0.333 e. The first-order valence-electron chi connectivity index (χ1n) is 13.2. The SMILES string of the molecule is C=C(N=C1C(=C(C)C)NC(=NCc2ccc(SC)cn2)C(=O)N1C(C)C1CC1)c1c(C)ncnc1C1CC1. The molecule has 0 aromatic carbocycles. The van der Waals surface area contributed by atoms with Crippen LogP contribution in [-0.2, 0) is 11.3 Å². The van der Waals surface area contributed by atoms with Crippen molar-refractivity contribution in [1.29, 1.82) is 0 Å². The molecule has 2 aromatic rings. The summed E-state index contributed by atoms with van der Waals surface area (Å²) >= 11 is 1.64. The van der Waals surface area contributed by atoms with E-state index in [0.29, 0.717) is 35.7 Å². The Morgan fingerprint density at radius 2 is 1.97 bits per heavy atom. The van der Waals surface area contributed by atoms with Crippen molar-refractivity contribution in [1.82, 2.24) is 25.2 Å². The second kappa shape index (κ2) is 10.8. The summed E-state index contributed by atoms with van der Waals surface area (Å²) in [7, 11) is 0. The Balaban J connectivity index is 1.52. The van der Waals surface area contributed by atoms with Crippen molar-refractivity contribution in [2.24, 2.45) is 15.9 Å². The Morgan fingerprint density at radius 1 is 1.21 bits per heavy atom. The van der Waals surface area contributed by atoms with Crippen LogP contribution in [0, 0.1) is 12.8 Å². The first-order chi connectivity index (χ1) is 18.3. The Hall–Kier alpha value is -3.33. The zero-order chi connectivity index (χ0) is 27.0. The fourth-order valence-electron chi connectivity index (χ4n) is 4.78. The van der Waals surface area contributed by atoms with Gasteiger partial charge in [-0.25, -0.2) is 15.0 Å². The number of hydrogen-bond acceptors (Lipinski definition) is 7. The molecule has 3 aliphatic rings. The number of carbonyl (C=O) groups is 1. The number of aromatic nitrogens is 3. The Kier molecular flexibility index (Phi) is 7.47. The zero-order valence-electron chi connectivity index (χ0n) is 22.8. The first kappa shape index (κ1) is 26.3. The van der Waals surface area contributed by atoms with Gasteiger partial charge in [-0.2, -0.15) is 0 Å². The number of carbonyl (C=O) groups excluding carboxylic acids is 1. The van der Waals surface area contributed by atoms with E-state index in [1.165, 1.54) is 0 Å². The summed E-state index contributed by atoms with van der Waals surface area (Å²) in [6.07, 6.45) is 9.91. The molecule has 198 valence electrons. The summed E-state index contributed by atoms with van der Waals surface area (Å²) in [4.78, 5) is 40.0. The van der Waals surface area contributed by atoms with Crippen LogP contribution in [-0.4, -0.2) is 49.7 Å².